The quantitative estimate of drug-likeness (QED) is 0.0297. The number of ether oxygens (including phenoxy) is 12. The molecule has 1 heterocycles. The molecule has 79 heavy (non-hydrogen) atoms. The third kappa shape index (κ3) is 32.2. The van der Waals surface area contributed by atoms with Gasteiger partial charge in [0.2, 0.25) is 0 Å². The molecule has 0 aromatic heterocycles. The molecule has 3 amide bonds. The Hall–Kier alpha value is -2.59. The summed E-state index contributed by atoms with van der Waals surface area (Å²) < 4.78 is 70.4. The van der Waals surface area contributed by atoms with E-state index in [1.165, 1.54) is 6.42 Å². The van der Waals surface area contributed by atoms with Gasteiger partial charge in [-0.2, -0.15) is 0 Å². The van der Waals surface area contributed by atoms with Crippen LogP contribution in [0.3, 0.4) is 0 Å². The number of hydrogen-bond donors (Lipinski definition) is 3. The lowest BCUT2D eigenvalue weighted by atomic mass is 9.76. The molecule has 12 atom stereocenters. The van der Waals surface area contributed by atoms with Crippen LogP contribution in [-0.2, 0) is 56.8 Å². The molecule has 4 aliphatic rings. The van der Waals surface area contributed by atoms with Gasteiger partial charge in [-0.05, 0) is 177 Å². The Balaban J connectivity index is 0.926. The Bertz CT molecular complexity index is 1620. The van der Waals surface area contributed by atoms with Crippen molar-refractivity contribution in [2.24, 2.45) is 17.8 Å². The summed E-state index contributed by atoms with van der Waals surface area (Å²) in [5, 5.41) is 9.23. The topological polar surface area (TPSA) is 201 Å². The highest BCUT2D eigenvalue weighted by Crippen LogP contribution is 2.36. The van der Waals surface area contributed by atoms with Crippen molar-refractivity contribution in [2.45, 2.75) is 265 Å². The van der Waals surface area contributed by atoms with Gasteiger partial charge in [-0.1, -0.05) is 20.3 Å². The number of nitrogens with zero attached hydrogens (tertiary/aromatic N) is 1. The van der Waals surface area contributed by atoms with Gasteiger partial charge in [0.05, 0.1) is 108 Å². The van der Waals surface area contributed by atoms with Crippen molar-refractivity contribution in [3.8, 4) is 0 Å². The van der Waals surface area contributed by atoms with Crippen molar-refractivity contribution in [1.82, 2.24) is 20.9 Å². The molecule has 0 radical (unpaired) electrons. The minimum absolute atomic E-state index is 0.122. The second-order valence-corrected chi connectivity index (χ2v) is 24.3. The Morgan fingerprint density at radius 3 is 1.16 bits per heavy atom. The largest absolute Gasteiger partial charge is 0.447 e. The molecule has 19 heteroatoms. The highest BCUT2D eigenvalue weighted by molar-refractivity contribution is 5.68. The third-order valence-electron chi connectivity index (χ3n) is 15.7. The second-order valence-electron chi connectivity index (χ2n) is 24.3. The molecule has 462 valence electrons. The molecule has 4 fully saturated rings. The Kier molecular flexibility index (Phi) is 34.1. The van der Waals surface area contributed by atoms with E-state index in [9.17, 15) is 14.4 Å². The summed E-state index contributed by atoms with van der Waals surface area (Å²) in [6, 6.07) is 1.04. The molecule has 0 bridgehead atoms. The molecule has 1 aliphatic heterocycles. The molecule has 4 rings (SSSR count). The van der Waals surface area contributed by atoms with Crippen LogP contribution in [0.5, 0.6) is 0 Å². The number of amides is 3. The van der Waals surface area contributed by atoms with Gasteiger partial charge >= 0.3 is 18.3 Å². The smallest absolute Gasteiger partial charge is 0.407 e. The zero-order valence-corrected chi connectivity index (χ0v) is 51.2. The summed E-state index contributed by atoms with van der Waals surface area (Å²) in [4.78, 5) is 40.1. The van der Waals surface area contributed by atoms with Crippen LogP contribution < -0.4 is 16.0 Å². The minimum atomic E-state index is -0.401. The van der Waals surface area contributed by atoms with Gasteiger partial charge in [0, 0.05) is 43.9 Å². The molecule has 3 saturated carbocycles. The summed E-state index contributed by atoms with van der Waals surface area (Å²) in [7, 11) is 0. The number of carbonyl (C=O) groups is 3. The third-order valence-corrected chi connectivity index (χ3v) is 15.7. The number of hydrogen-bond acceptors (Lipinski definition) is 16. The number of carbonyl (C=O) groups excluding carboxylic acids is 3. The van der Waals surface area contributed by atoms with E-state index in [2.05, 4.69) is 41.6 Å². The van der Waals surface area contributed by atoms with Crippen LogP contribution in [0.25, 0.3) is 0 Å². The van der Waals surface area contributed by atoms with E-state index >= 15 is 0 Å². The molecule has 12 unspecified atom stereocenters. The van der Waals surface area contributed by atoms with E-state index < -0.39 is 12.2 Å². The van der Waals surface area contributed by atoms with E-state index in [-0.39, 0.29) is 98.5 Å². The molecule has 3 aliphatic carbocycles. The Labute approximate surface area is 477 Å². The van der Waals surface area contributed by atoms with E-state index in [0.29, 0.717) is 77.3 Å². The molecule has 3 N–H and O–H groups in total. The van der Waals surface area contributed by atoms with Gasteiger partial charge in [0.15, 0.2) is 0 Å². The first-order valence-corrected chi connectivity index (χ1v) is 30.9. The van der Waals surface area contributed by atoms with Crippen LogP contribution in [0.1, 0.15) is 179 Å². The fraction of sp³-hybridized carbons (Fsp3) is 0.950. The predicted octanol–water partition coefficient (Wildman–Crippen LogP) is 9.77. The van der Waals surface area contributed by atoms with Crippen molar-refractivity contribution >= 4 is 18.3 Å². The summed E-state index contributed by atoms with van der Waals surface area (Å²) >= 11 is 0. The Morgan fingerprint density at radius 1 is 0.443 bits per heavy atom. The maximum Gasteiger partial charge on any atom is 0.407 e. The van der Waals surface area contributed by atoms with Crippen LogP contribution in [0.15, 0.2) is 0 Å². The average Bonchev–Trinajstić information content (AvgIpc) is 4.14. The molecule has 0 aromatic rings. The summed E-state index contributed by atoms with van der Waals surface area (Å²) in [5.41, 5.74) is 0. The van der Waals surface area contributed by atoms with Crippen LogP contribution in [0.2, 0.25) is 0 Å². The van der Waals surface area contributed by atoms with Crippen LogP contribution in [0.4, 0.5) is 14.4 Å². The van der Waals surface area contributed by atoms with Gasteiger partial charge in [-0.15, -0.1) is 0 Å². The maximum absolute atomic E-state index is 12.8. The van der Waals surface area contributed by atoms with Gasteiger partial charge in [0.1, 0.15) is 18.8 Å². The molecule has 0 spiro atoms. The lowest BCUT2D eigenvalue weighted by Gasteiger charge is -2.34. The summed E-state index contributed by atoms with van der Waals surface area (Å²) in [5.74, 6) is 2.07. The molecule has 19 nitrogen and oxygen atoms in total. The van der Waals surface area contributed by atoms with E-state index in [1.54, 1.807) is 0 Å². The zero-order valence-electron chi connectivity index (χ0n) is 51.2. The fourth-order valence-electron chi connectivity index (χ4n) is 10.3. The monoisotopic (exact) mass is 1130 g/mol. The predicted molar refractivity (Wildman–Crippen MR) is 305 cm³/mol. The number of alkyl carbamates (subject to hydrolysis) is 3. The van der Waals surface area contributed by atoms with E-state index in [4.69, 9.17) is 56.8 Å². The van der Waals surface area contributed by atoms with E-state index in [0.717, 1.165) is 109 Å². The van der Waals surface area contributed by atoms with Crippen LogP contribution in [-0.4, -0.2) is 194 Å². The highest BCUT2D eigenvalue weighted by atomic mass is 16.6. The van der Waals surface area contributed by atoms with Crippen LogP contribution in [0, 0.1) is 17.8 Å². The first-order valence-electron chi connectivity index (χ1n) is 30.9. The lowest BCUT2D eigenvalue weighted by Crippen LogP contribution is -2.42. The summed E-state index contributed by atoms with van der Waals surface area (Å²) in [6.45, 7) is 30.3. The SMILES string of the molecule is CCCCOCC(CN1CC1C)OC(=O)NC1CCC(CC2CCC(NC(=O)OC(C)COC(C)COC(C)COC(C)COC(C)COC(C)COC(C)COC(C)COC(C)COC(=O)NC3CCC(C)CC3)CC2)CC1. The van der Waals surface area contributed by atoms with E-state index in [1.807, 2.05) is 62.3 Å². The lowest BCUT2D eigenvalue weighted by molar-refractivity contribution is -0.110. The standard InChI is InChI=1S/C60H112N4O15/c1-13-14-27-68-40-57(30-64-29-42(64)3)79-60(67)63-56-25-19-53(20-26-56)28-52-17-23-55(24-18-52)62-59(66)78-51(12)39-76-49(10)37-74-47(8)35-72-45(6)33-70-43(4)31-69-44(5)32-71-46(7)34-73-48(9)36-75-50(11)38-77-58(65)61-54-21-15-41(2)16-22-54/h41-57H,13-40H2,1-12H3,(H,61,65)(H,62,66)(H,63,67). The van der Waals surface area contributed by atoms with Crippen molar-refractivity contribution in [2.75, 3.05) is 85.8 Å². The minimum Gasteiger partial charge on any atom is -0.447 e. The normalized spacial score (nSPS) is 27.2. The number of nitrogens with one attached hydrogen (secondary N) is 3. The zero-order chi connectivity index (χ0) is 57.5. The first-order chi connectivity index (χ1) is 37.8. The van der Waals surface area contributed by atoms with Crippen molar-refractivity contribution < 1.29 is 71.2 Å². The van der Waals surface area contributed by atoms with Crippen molar-refractivity contribution in [3.63, 3.8) is 0 Å². The van der Waals surface area contributed by atoms with Gasteiger partial charge in [-0.25, -0.2) is 14.4 Å². The maximum atomic E-state index is 12.8. The average molecular weight is 1130 g/mol. The molecule has 0 aromatic carbocycles. The van der Waals surface area contributed by atoms with Crippen molar-refractivity contribution in [1.29, 1.82) is 0 Å². The fourth-order valence-corrected chi connectivity index (χ4v) is 10.3. The second kappa shape index (κ2) is 39.0. The molecular formula is C60H112N4O15. The van der Waals surface area contributed by atoms with Gasteiger partial charge in [0.25, 0.3) is 0 Å². The Morgan fingerprint density at radius 2 is 0.785 bits per heavy atom. The number of unbranched alkanes of at least 4 members (excludes halogenated alkanes) is 1. The number of rotatable bonds is 40. The highest BCUT2D eigenvalue weighted by Gasteiger charge is 2.34. The van der Waals surface area contributed by atoms with Gasteiger partial charge in [-0.3, -0.25) is 4.90 Å². The van der Waals surface area contributed by atoms with Gasteiger partial charge < -0.3 is 72.8 Å². The van der Waals surface area contributed by atoms with Crippen LogP contribution >= 0.6 is 0 Å². The molecular weight excluding hydrogens is 1020 g/mol. The molecule has 1 saturated heterocycles. The summed E-state index contributed by atoms with van der Waals surface area (Å²) in [6.07, 6.45) is 13.0. The first kappa shape index (κ1) is 68.9. The van der Waals surface area contributed by atoms with Crippen molar-refractivity contribution in [3.05, 3.63) is 0 Å².